The van der Waals surface area contributed by atoms with Gasteiger partial charge < -0.3 is 10.2 Å². The van der Waals surface area contributed by atoms with Gasteiger partial charge in [-0.2, -0.15) is 0 Å². The van der Waals surface area contributed by atoms with Gasteiger partial charge in [0.25, 0.3) is 0 Å². The predicted octanol–water partition coefficient (Wildman–Crippen LogP) is 4.27. The number of thioether (sulfide) groups is 1. The minimum absolute atomic E-state index is 0.0897. The fourth-order valence-electron chi connectivity index (χ4n) is 1.70. The second-order valence-electron chi connectivity index (χ2n) is 4.39. The Bertz CT molecular complexity index is 533. The maximum atomic E-state index is 9.48. The summed E-state index contributed by atoms with van der Waals surface area (Å²) in [7, 11) is 0. The van der Waals surface area contributed by atoms with E-state index in [1.807, 2.05) is 23.9 Å². The van der Waals surface area contributed by atoms with Crippen LogP contribution in [-0.2, 0) is 0 Å². The summed E-state index contributed by atoms with van der Waals surface area (Å²) in [6, 6.07) is 13.1. The first-order valence-corrected chi connectivity index (χ1v) is 6.73. The van der Waals surface area contributed by atoms with Crippen LogP contribution in [0.3, 0.4) is 0 Å². The molecule has 0 saturated heterocycles. The van der Waals surface area contributed by atoms with E-state index in [-0.39, 0.29) is 11.5 Å². The zero-order valence-corrected chi connectivity index (χ0v) is 11.2. The molecule has 2 aromatic carbocycles. The number of phenolic OH excluding ortho intramolecular Hbond substituents is 2. The number of hydrogen-bond acceptors (Lipinski definition) is 3. The first-order valence-electron chi connectivity index (χ1n) is 5.85. The van der Waals surface area contributed by atoms with E-state index >= 15 is 0 Å². The molecule has 0 aliphatic heterocycles. The van der Waals surface area contributed by atoms with Crippen molar-refractivity contribution < 1.29 is 10.2 Å². The normalized spacial score (nSPS) is 10.8. The number of aromatic hydroxyl groups is 2. The fourth-order valence-corrected chi connectivity index (χ4v) is 2.54. The number of rotatable bonds is 3. The first-order chi connectivity index (χ1) is 8.56. The van der Waals surface area contributed by atoms with Crippen molar-refractivity contribution >= 4 is 11.8 Å². The molecule has 0 unspecified atom stereocenters. The average molecular weight is 260 g/mol. The van der Waals surface area contributed by atoms with E-state index in [9.17, 15) is 10.2 Å². The predicted molar refractivity (Wildman–Crippen MR) is 76.2 cm³/mol. The zero-order chi connectivity index (χ0) is 13.1. The van der Waals surface area contributed by atoms with Gasteiger partial charge in [0.1, 0.15) is 0 Å². The van der Waals surface area contributed by atoms with Crippen LogP contribution in [-0.4, -0.2) is 15.5 Å². The van der Waals surface area contributed by atoms with Crippen LogP contribution in [0, 0.1) is 0 Å². The van der Waals surface area contributed by atoms with Crippen LogP contribution in [0.25, 0.3) is 11.1 Å². The van der Waals surface area contributed by atoms with Crippen LogP contribution in [0.5, 0.6) is 11.5 Å². The third-order valence-electron chi connectivity index (χ3n) is 2.53. The molecule has 0 amide bonds. The summed E-state index contributed by atoms with van der Waals surface area (Å²) in [6.45, 7) is 4.33. The smallest absolute Gasteiger partial charge is 0.158 e. The van der Waals surface area contributed by atoms with E-state index in [1.165, 1.54) is 11.0 Å². The lowest BCUT2D eigenvalue weighted by molar-refractivity contribution is 0.404. The molecular formula is C15H16O2S. The van der Waals surface area contributed by atoms with Gasteiger partial charge in [0.05, 0.1) is 0 Å². The molecule has 0 heterocycles. The Morgan fingerprint density at radius 3 is 2.00 bits per heavy atom. The largest absolute Gasteiger partial charge is 0.504 e. The maximum absolute atomic E-state index is 9.48. The highest BCUT2D eigenvalue weighted by Gasteiger charge is 2.04. The molecule has 0 aliphatic carbocycles. The van der Waals surface area contributed by atoms with E-state index in [0.717, 1.165) is 11.1 Å². The van der Waals surface area contributed by atoms with Gasteiger partial charge in [-0.3, -0.25) is 0 Å². The third kappa shape index (κ3) is 2.99. The molecule has 0 aliphatic rings. The van der Waals surface area contributed by atoms with Gasteiger partial charge in [-0.05, 0) is 35.4 Å². The molecule has 2 aromatic rings. The van der Waals surface area contributed by atoms with Crippen LogP contribution >= 0.6 is 11.8 Å². The Morgan fingerprint density at radius 1 is 0.833 bits per heavy atom. The summed E-state index contributed by atoms with van der Waals surface area (Å²) in [5.41, 5.74) is 1.92. The molecule has 0 atom stereocenters. The lowest BCUT2D eigenvalue weighted by Crippen LogP contribution is -1.85. The van der Waals surface area contributed by atoms with E-state index in [2.05, 4.69) is 26.0 Å². The first kappa shape index (κ1) is 12.8. The van der Waals surface area contributed by atoms with E-state index < -0.39 is 0 Å². The summed E-state index contributed by atoms with van der Waals surface area (Å²) in [4.78, 5) is 1.23. The molecule has 0 radical (unpaired) electrons. The summed E-state index contributed by atoms with van der Waals surface area (Å²) in [5, 5.41) is 19.3. The molecule has 0 aromatic heterocycles. The standard InChI is InChI=1S/C15H16O2S/c1-10(2)18-13-6-3-11(4-7-13)12-5-8-14(16)15(17)9-12/h3-10,16-17H,1-2H3. The Hall–Kier alpha value is -1.61. The third-order valence-corrected chi connectivity index (χ3v) is 3.55. The molecule has 0 saturated carbocycles. The van der Waals surface area contributed by atoms with Crippen molar-refractivity contribution in [1.82, 2.24) is 0 Å². The van der Waals surface area contributed by atoms with Gasteiger partial charge in [0.15, 0.2) is 11.5 Å². The summed E-state index contributed by atoms with van der Waals surface area (Å²) < 4.78 is 0. The lowest BCUT2D eigenvalue weighted by atomic mass is 10.1. The van der Waals surface area contributed by atoms with Gasteiger partial charge >= 0.3 is 0 Å². The van der Waals surface area contributed by atoms with Crippen LogP contribution < -0.4 is 0 Å². The highest BCUT2D eigenvalue weighted by atomic mass is 32.2. The molecule has 2 nitrogen and oxygen atoms in total. The van der Waals surface area contributed by atoms with E-state index in [1.54, 1.807) is 12.1 Å². The second kappa shape index (κ2) is 5.36. The van der Waals surface area contributed by atoms with Crippen LogP contribution in [0.15, 0.2) is 47.4 Å². The Balaban J connectivity index is 2.25. The van der Waals surface area contributed by atoms with E-state index in [4.69, 9.17) is 0 Å². The molecular weight excluding hydrogens is 244 g/mol. The highest BCUT2D eigenvalue weighted by Crippen LogP contribution is 2.31. The van der Waals surface area contributed by atoms with Crippen LogP contribution in [0.2, 0.25) is 0 Å². The van der Waals surface area contributed by atoms with Gasteiger partial charge in [-0.1, -0.05) is 32.0 Å². The number of phenols is 2. The monoisotopic (exact) mass is 260 g/mol. The SMILES string of the molecule is CC(C)Sc1ccc(-c2ccc(O)c(O)c2)cc1. The molecule has 0 bridgehead atoms. The summed E-state index contributed by atoms with van der Waals surface area (Å²) in [5.74, 6) is -0.182. The van der Waals surface area contributed by atoms with Crippen molar-refractivity contribution in [2.45, 2.75) is 24.0 Å². The van der Waals surface area contributed by atoms with Gasteiger partial charge in [-0.25, -0.2) is 0 Å². The Kier molecular flexibility index (Phi) is 3.82. The fraction of sp³-hybridized carbons (Fsp3) is 0.200. The van der Waals surface area contributed by atoms with Crippen molar-refractivity contribution in [3.8, 4) is 22.6 Å². The lowest BCUT2D eigenvalue weighted by Gasteiger charge is -2.07. The zero-order valence-electron chi connectivity index (χ0n) is 10.4. The Labute approximate surface area is 111 Å². The van der Waals surface area contributed by atoms with E-state index in [0.29, 0.717) is 5.25 Å². The van der Waals surface area contributed by atoms with Gasteiger partial charge in [-0.15, -0.1) is 11.8 Å². The van der Waals surface area contributed by atoms with Crippen molar-refractivity contribution in [2.75, 3.05) is 0 Å². The molecule has 2 rings (SSSR count). The average Bonchev–Trinajstić information content (AvgIpc) is 2.33. The number of hydrogen-bond donors (Lipinski definition) is 2. The Morgan fingerprint density at radius 2 is 1.44 bits per heavy atom. The van der Waals surface area contributed by atoms with Gasteiger partial charge in [0, 0.05) is 10.1 Å². The van der Waals surface area contributed by atoms with Crippen molar-refractivity contribution in [3.05, 3.63) is 42.5 Å². The molecule has 0 spiro atoms. The molecule has 94 valence electrons. The van der Waals surface area contributed by atoms with Crippen molar-refractivity contribution in [3.63, 3.8) is 0 Å². The summed E-state index contributed by atoms with van der Waals surface area (Å²) in [6.07, 6.45) is 0. The van der Waals surface area contributed by atoms with Crippen LogP contribution in [0.1, 0.15) is 13.8 Å². The number of benzene rings is 2. The quantitative estimate of drug-likeness (QED) is 0.639. The van der Waals surface area contributed by atoms with Crippen LogP contribution in [0.4, 0.5) is 0 Å². The molecule has 2 N–H and O–H groups in total. The molecule has 3 heteroatoms. The van der Waals surface area contributed by atoms with Crippen molar-refractivity contribution in [1.29, 1.82) is 0 Å². The van der Waals surface area contributed by atoms with Gasteiger partial charge in [0.2, 0.25) is 0 Å². The topological polar surface area (TPSA) is 40.5 Å². The molecule has 18 heavy (non-hydrogen) atoms. The minimum atomic E-state index is -0.0919. The molecule has 0 fully saturated rings. The van der Waals surface area contributed by atoms with Crippen molar-refractivity contribution in [2.24, 2.45) is 0 Å². The highest BCUT2D eigenvalue weighted by molar-refractivity contribution is 7.99. The maximum Gasteiger partial charge on any atom is 0.158 e. The summed E-state index contributed by atoms with van der Waals surface area (Å²) >= 11 is 1.82. The minimum Gasteiger partial charge on any atom is -0.504 e. The second-order valence-corrected chi connectivity index (χ2v) is 6.04.